The standard InChI is InChI=1S/C6H12N2O/c7-4-1-2-6(8)3-5-9/h6,9H,1-3,5,8H2. The zero-order valence-corrected chi connectivity index (χ0v) is 5.38. The number of nitriles is 1. The highest BCUT2D eigenvalue weighted by atomic mass is 16.3. The van der Waals surface area contributed by atoms with Gasteiger partial charge in [0.15, 0.2) is 0 Å². The first-order valence-electron chi connectivity index (χ1n) is 3.04. The summed E-state index contributed by atoms with van der Waals surface area (Å²) >= 11 is 0. The molecule has 0 aromatic carbocycles. The summed E-state index contributed by atoms with van der Waals surface area (Å²) in [6, 6.07) is 1.99. The maximum atomic E-state index is 8.37. The molecule has 52 valence electrons. The van der Waals surface area contributed by atoms with E-state index >= 15 is 0 Å². The van der Waals surface area contributed by atoms with E-state index in [1.54, 1.807) is 0 Å². The Bertz CT molecular complexity index is 97.7. The maximum Gasteiger partial charge on any atom is 0.0622 e. The van der Waals surface area contributed by atoms with Gasteiger partial charge in [0, 0.05) is 19.1 Å². The van der Waals surface area contributed by atoms with E-state index in [1.165, 1.54) is 0 Å². The first-order valence-corrected chi connectivity index (χ1v) is 3.04. The van der Waals surface area contributed by atoms with Crippen LogP contribution in [0.1, 0.15) is 19.3 Å². The van der Waals surface area contributed by atoms with Gasteiger partial charge in [-0.2, -0.15) is 5.26 Å². The molecule has 0 rings (SSSR count). The fraction of sp³-hybridized carbons (Fsp3) is 0.833. The van der Waals surface area contributed by atoms with Gasteiger partial charge in [-0.1, -0.05) is 0 Å². The molecule has 0 aliphatic carbocycles. The van der Waals surface area contributed by atoms with Gasteiger partial charge in [0.05, 0.1) is 6.07 Å². The highest BCUT2D eigenvalue weighted by Gasteiger charge is 1.98. The molecule has 1 atom stereocenters. The van der Waals surface area contributed by atoms with E-state index in [9.17, 15) is 0 Å². The van der Waals surface area contributed by atoms with E-state index in [0.717, 1.165) is 0 Å². The zero-order chi connectivity index (χ0) is 7.11. The number of hydrogen-bond acceptors (Lipinski definition) is 3. The number of aliphatic hydroxyl groups is 1. The number of nitrogens with two attached hydrogens (primary N) is 1. The van der Waals surface area contributed by atoms with Crippen LogP contribution in [-0.4, -0.2) is 17.8 Å². The Balaban J connectivity index is 3.07. The van der Waals surface area contributed by atoms with Gasteiger partial charge in [0.2, 0.25) is 0 Å². The molecule has 0 bridgehead atoms. The molecule has 3 N–H and O–H groups in total. The molecule has 0 saturated heterocycles. The Hall–Kier alpha value is -0.590. The summed E-state index contributed by atoms with van der Waals surface area (Å²) in [4.78, 5) is 0. The van der Waals surface area contributed by atoms with Crippen LogP contribution in [0, 0.1) is 11.3 Å². The number of aliphatic hydroxyl groups excluding tert-OH is 1. The maximum absolute atomic E-state index is 8.37. The first-order chi connectivity index (χ1) is 4.31. The molecule has 0 aromatic heterocycles. The van der Waals surface area contributed by atoms with E-state index in [4.69, 9.17) is 16.1 Å². The summed E-state index contributed by atoms with van der Waals surface area (Å²) in [7, 11) is 0. The van der Waals surface area contributed by atoms with E-state index in [2.05, 4.69) is 0 Å². The molecule has 0 amide bonds. The largest absolute Gasteiger partial charge is 0.396 e. The first kappa shape index (κ1) is 8.41. The highest BCUT2D eigenvalue weighted by Crippen LogP contribution is 1.95. The van der Waals surface area contributed by atoms with Crippen molar-refractivity contribution in [2.45, 2.75) is 25.3 Å². The SMILES string of the molecule is N#CCCC(N)CCO. The quantitative estimate of drug-likeness (QED) is 0.560. The molecule has 0 heterocycles. The second-order valence-corrected chi connectivity index (χ2v) is 1.97. The third kappa shape index (κ3) is 5.28. The molecule has 0 aliphatic heterocycles. The van der Waals surface area contributed by atoms with Crippen molar-refractivity contribution in [3.8, 4) is 6.07 Å². The highest BCUT2D eigenvalue weighted by molar-refractivity contribution is 4.73. The van der Waals surface area contributed by atoms with Crippen LogP contribution in [0.2, 0.25) is 0 Å². The minimum Gasteiger partial charge on any atom is -0.396 e. The van der Waals surface area contributed by atoms with Gasteiger partial charge in [-0.3, -0.25) is 0 Å². The fourth-order valence-corrected chi connectivity index (χ4v) is 0.560. The summed E-state index contributed by atoms with van der Waals surface area (Å²) in [6.45, 7) is 0.118. The lowest BCUT2D eigenvalue weighted by Crippen LogP contribution is -2.20. The molecule has 1 unspecified atom stereocenters. The molecule has 0 fully saturated rings. The molecule has 3 nitrogen and oxygen atoms in total. The lowest BCUT2D eigenvalue weighted by atomic mass is 10.1. The lowest BCUT2D eigenvalue weighted by molar-refractivity contribution is 0.273. The Morgan fingerprint density at radius 1 is 1.56 bits per heavy atom. The van der Waals surface area contributed by atoms with Gasteiger partial charge in [-0.05, 0) is 12.8 Å². The zero-order valence-electron chi connectivity index (χ0n) is 5.38. The smallest absolute Gasteiger partial charge is 0.0622 e. The number of hydrogen-bond donors (Lipinski definition) is 2. The van der Waals surface area contributed by atoms with Gasteiger partial charge in [-0.15, -0.1) is 0 Å². The van der Waals surface area contributed by atoms with Crippen molar-refractivity contribution in [1.82, 2.24) is 0 Å². The molecule has 9 heavy (non-hydrogen) atoms. The van der Waals surface area contributed by atoms with Crippen molar-refractivity contribution < 1.29 is 5.11 Å². The summed E-state index contributed by atoms with van der Waals surface area (Å²) in [5, 5.41) is 16.5. The average Bonchev–Trinajstić information content (AvgIpc) is 1.85. The van der Waals surface area contributed by atoms with Gasteiger partial charge >= 0.3 is 0 Å². The molecule has 3 heteroatoms. The Morgan fingerprint density at radius 2 is 2.22 bits per heavy atom. The Kier molecular flexibility index (Phi) is 5.18. The van der Waals surface area contributed by atoms with Crippen molar-refractivity contribution in [3.63, 3.8) is 0 Å². The van der Waals surface area contributed by atoms with Crippen molar-refractivity contribution >= 4 is 0 Å². The second kappa shape index (κ2) is 5.54. The molecule has 0 saturated carbocycles. The van der Waals surface area contributed by atoms with Gasteiger partial charge in [-0.25, -0.2) is 0 Å². The van der Waals surface area contributed by atoms with Crippen molar-refractivity contribution in [3.05, 3.63) is 0 Å². The predicted octanol–water partition coefficient (Wildman–Crippen LogP) is -0.000120. The lowest BCUT2D eigenvalue weighted by Gasteiger charge is -2.04. The van der Waals surface area contributed by atoms with Gasteiger partial charge in [0.1, 0.15) is 0 Å². The van der Waals surface area contributed by atoms with Crippen LogP contribution in [0.4, 0.5) is 0 Å². The van der Waals surface area contributed by atoms with Crippen LogP contribution in [0.3, 0.4) is 0 Å². The van der Waals surface area contributed by atoms with E-state index in [0.29, 0.717) is 19.3 Å². The monoisotopic (exact) mass is 128 g/mol. The minimum absolute atomic E-state index is 0.00495. The van der Waals surface area contributed by atoms with E-state index < -0.39 is 0 Å². The predicted molar refractivity (Wildman–Crippen MR) is 34.5 cm³/mol. The number of nitrogens with zero attached hydrogens (tertiary/aromatic N) is 1. The molecule has 0 radical (unpaired) electrons. The summed E-state index contributed by atoms with van der Waals surface area (Å²) in [5.41, 5.74) is 5.46. The fourth-order valence-electron chi connectivity index (χ4n) is 0.560. The van der Waals surface area contributed by atoms with Crippen LogP contribution in [0.15, 0.2) is 0 Å². The van der Waals surface area contributed by atoms with E-state index in [-0.39, 0.29) is 12.6 Å². The van der Waals surface area contributed by atoms with Crippen LogP contribution < -0.4 is 5.73 Å². The van der Waals surface area contributed by atoms with Crippen molar-refractivity contribution in [2.75, 3.05) is 6.61 Å². The van der Waals surface area contributed by atoms with Crippen molar-refractivity contribution in [2.24, 2.45) is 5.73 Å². The Morgan fingerprint density at radius 3 is 2.67 bits per heavy atom. The van der Waals surface area contributed by atoms with Crippen LogP contribution in [-0.2, 0) is 0 Å². The van der Waals surface area contributed by atoms with Crippen LogP contribution in [0.25, 0.3) is 0 Å². The van der Waals surface area contributed by atoms with Crippen LogP contribution in [0.5, 0.6) is 0 Å². The molecular formula is C6H12N2O. The normalized spacial score (nSPS) is 12.6. The van der Waals surface area contributed by atoms with E-state index in [1.807, 2.05) is 6.07 Å². The van der Waals surface area contributed by atoms with Gasteiger partial charge < -0.3 is 10.8 Å². The summed E-state index contributed by atoms with van der Waals surface area (Å²) in [5.74, 6) is 0. The third-order valence-electron chi connectivity index (χ3n) is 1.13. The molecular weight excluding hydrogens is 116 g/mol. The molecule has 0 spiro atoms. The summed E-state index contributed by atoms with van der Waals surface area (Å²) in [6.07, 6.45) is 1.78. The molecule has 0 aliphatic rings. The topological polar surface area (TPSA) is 70.0 Å². The molecule has 0 aromatic rings. The average molecular weight is 128 g/mol. The van der Waals surface area contributed by atoms with Crippen LogP contribution >= 0.6 is 0 Å². The third-order valence-corrected chi connectivity index (χ3v) is 1.13. The Labute approximate surface area is 55.1 Å². The minimum atomic E-state index is -0.00495. The summed E-state index contributed by atoms with van der Waals surface area (Å²) < 4.78 is 0. The second-order valence-electron chi connectivity index (χ2n) is 1.97. The van der Waals surface area contributed by atoms with Crippen molar-refractivity contribution in [1.29, 1.82) is 5.26 Å². The van der Waals surface area contributed by atoms with Gasteiger partial charge in [0.25, 0.3) is 0 Å². The number of rotatable bonds is 4.